The molecule has 0 bridgehead atoms. The first-order valence-electron chi connectivity index (χ1n) is 7.22. The highest BCUT2D eigenvalue weighted by atomic mass is 35.5. The van der Waals surface area contributed by atoms with E-state index < -0.39 is 17.9 Å². The minimum absolute atomic E-state index is 0.0625. The van der Waals surface area contributed by atoms with Crippen molar-refractivity contribution < 1.29 is 14.3 Å². The van der Waals surface area contributed by atoms with Gasteiger partial charge in [-0.25, -0.2) is 9.59 Å². The van der Waals surface area contributed by atoms with E-state index >= 15 is 0 Å². The molecule has 3 N–H and O–H groups in total. The first kappa shape index (κ1) is 16.0. The predicted molar refractivity (Wildman–Crippen MR) is 92.0 cm³/mol. The van der Waals surface area contributed by atoms with Crippen LogP contribution in [0.15, 0.2) is 48.5 Å². The lowest BCUT2D eigenvalue weighted by Crippen LogP contribution is -2.22. The lowest BCUT2D eigenvalue weighted by atomic mass is 9.95. The summed E-state index contributed by atoms with van der Waals surface area (Å²) in [6.07, 6.45) is 0. The standard InChI is InChI=1S/C17H14ClN3O3/c18-10-6-7-14(12(8-10)13-9-24-16(22)15(13)19)21-17(23)20-11-4-2-1-3-5-11/h1-8,13,19H,9H2,(H2,20,21,23)/t13-/m0/s1. The van der Waals surface area contributed by atoms with Crippen LogP contribution in [-0.4, -0.2) is 24.3 Å². The number of amides is 2. The lowest BCUT2D eigenvalue weighted by molar-refractivity contribution is -0.132. The van der Waals surface area contributed by atoms with Crippen molar-refractivity contribution in [2.75, 3.05) is 17.2 Å². The van der Waals surface area contributed by atoms with Crippen molar-refractivity contribution >= 4 is 40.7 Å². The summed E-state index contributed by atoms with van der Waals surface area (Å²) in [5.74, 6) is -1.21. The minimum atomic E-state index is -0.653. The first-order valence-corrected chi connectivity index (χ1v) is 7.60. The highest BCUT2D eigenvalue weighted by Crippen LogP contribution is 2.32. The smallest absolute Gasteiger partial charge is 0.352 e. The van der Waals surface area contributed by atoms with Crippen LogP contribution in [0, 0.1) is 5.41 Å². The van der Waals surface area contributed by atoms with E-state index in [9.17, 15) is 9.59 Å². The molecule has 2 amide bonds. The van der Waals surface area contributed by atoms with Gasteiger partial charge in [-0.15, -0.1) is 0 Å². The number of carbonyl (C=O) groups excluding carboxylic acids is 2. The van der Waals surface area contributed by atoms with Crippen LogP contribution < -0.4 is 10.6 Å². The second-order valence-corrected chi connectivity index (χ2v) is 5.68. The molecule has 0 radical (unpaired) electrons. The summed E-state index contributed by atoms with van der Waals surface area (Å²) < 4.78 is 4.89. The highest BCUT2D eigenvalue weighted by molar-refractivity contribution is 6.39. The molecular weight excluding hydrogens is 330 g/mol. The van der Waals surface area contributed by atoms with Gasteiger partial charge in [0.1, 0.15) is 12.3 Å². The summed E-state index contributed by atoms with van der Waals surface area (Å²) in [6.45, 7) is 0.0625. The molecule has 6 nitrogen and oxygen atoms in total. The van der Waals surface area contributed by atoms with E-state index in [1.165, 1.54) is 0 Å². The van der Waals surface area contributed by atoms with E-state index in [4.69, 9.17) is 21.7 Å². The third kappa shape index (κ3) is 3.38. The Morgan fingerprint density at radius 3 is 2.58 bits per heavy atom. The Hall–Kier alpha value is -2.86. The Labute approximate surface area is 143 Å². The van der Waals surface area contributed by atoms with Gasteiger partial charge in [0.2, 0.25) is 0 Å². The minimum Gasteiger partial charge on any atom is -0.460 e. The molecule has 0 aliphatic carbocycles. The molecule has 2 aromatic carbocycles. The summed E-state index contributed by atoms with van der Waals surface area (Å²) in [6, 6.07) is 13.5. The van der Waals surface area contributed by atoms with Crippen LogP contribution in [0.25, 0.3) is 0 Å². The van der Waals surface area contributed by atoms with Crippen LogP contribution in [0.4, 0.5) is 16.2 Å². The zero-order valence-corrected chi connectivity index (χ0v) is 13.3. The highest BCUT2D eigenvalue weighted by Gasteiger charge is 2.34. The van der Waals surface area contributed by atoms with Crippen LogP contribution in [0.5, 0.6) is 0 Å². The molecular formula is C17H14ClN3O3. The summed E-state index contributed by atoms with van der Waals surface area (Å²) >= 11 is 6.02. The van der Waals surface area contributed by atoms with Crippen molar-refractivity contribution in [3.63, 3.8) is 0 Å². The largest absolute Gasteiger partial charge is 0.460 e. The number of hydrogen-bond acceptors (Lipinski definition) is 4. The van der Waals surface area contributed by atoms with Gasteiger partial charge in [-0.2, -0.15) is 0 Å². The maximum atomic E-state index is 12.2. The number of cyclic esters (lactones) is 1. The number of para-hydroxylation sites is 1. The molecule has 1 saturated heterocycles. The number of anilines is 2. The third-order valence-electron chi connectivity index (χ3n) is 3.62. The average Bonchev–Trinajstić information content (AvgIpc) is 2.89. The summed E-state index contributed by atoms with van der Waals surface area (Å²) in [5.41, 5.74) is 1.55. The fraction of sp³-hybridized carbons (Fsp3) is 0.118. The molecule has 1 aliphatic rings. The van der Waals surface area contributed by atoms with Gasteiger partial charge in [0, 0.05) is 16.4 Å². The fourth-order valence-electron chi connectivity index (χ4n) is 2.45. The van der Waals surface area contributed by atoms with Crippen molar-refractivity contribution in [3.8, 4) is 0 Å². The van der Waals surface area contributed by atoms with Crippen LogP contribution in [0.2, 0.25) is 5.02 Å². The second kappa shape index (κ2) is 6.72. The van der Waals surface area contributed by atoms with Crippen molar-refractivity contribution in [2.45, 2.75) is 5.92 Å². The Bertz CT molecular complexity index is 808. The van der Waals surface area contributed by atoms with Gasteiger partial charge in [-0.05, 0) is 35.9 Å². The normalized spacial score (nSPS) is 16.6. The topological polar surface area (TPSA) is 91.3 Å². The molecule has 0 aromatic heterocycles. The molecule has 7 heteroatoms. The number of rotatable bonds is 3. The summed E-state index contributed by atoms with van der Waals surface area (Å²) in [7, 11) is 0. The van der Waals surface area contributed by atoms with Gasteiger partial charge >= 0.3 is 12.0 Å². The number of urea groups is 1. The van der Waals surface area contributed by atoms with Gasteiger partial charge in [0.15, 0.2) is 0 Å². The number of ether oxygens (including phenoxy) is 1. The Balaban J connectivity index is 1.82. The quantitative estimate of drug-likeness (QED) is 0.743. The maximum absolute atomic E-state index is 12.2. The molecule has 24 heavy (non-hydrogen) atoms. The van der Waals surface area contributed by atoms with Gasteiger partial charge in [-0.1, -0.05) is 29.8 Å². The molecule has 0 spiro atoms. The molecule has 1 aliphatic heterocycles. The molecule has 0 unspecified atom stereocenters. The lowest BCUT2D eigenvalue weighted by Gasteiger charge is -2.15. The Morgan fingerprint density at radius 1 is 1.17 bits per heavy atom. The SMILES string of the molecule is N=C1C(=O)OC[C@H]1c1cc(Cl)ccc1NC(=O)Nc1ccccc1. The van der Waals surface area contributed by atoms with Crippen molar-refractivity contribution in [3.05, 3.63) is 59.1 Å². The van der Waals surface area contributed by atoms with Crippen molar-refractivity contribution in [1.82, 2.24) is 0 Å². The van der Waals surface area contributed by atoms with E-state index in [1.807, 2.05) is 18.2 Å². The molecule has 122 valence electrons. The molecule has 1 atom stereocenters. The zero-order valence-electron chi connectivity index (χ0n) is 12.5. The molecule has 1 heterocycles. The van der Waals surface area contributed by atoms with E-state index in [1.54, 1.807) is 30.3 Å². The van der Waals surface area contributed by atoms with Crippen LogP contribution >= 0.6 is 11.6 Å². The predicted octanol–water partition coefficient (Wildman–Crippen LogP) is 3.64. The fourth-order valence-corrected chi connectivity index (χ4v) is 2.63. The van der Waals surface area contributed by atoms with Crippen molar-refractivity contribution in [1.29, 1.82) is 5.41 Å². The second-order valence-electron chi connectivity index (χ2n) is 5.24. The van der Waals surface area contributed by atoms with Crippen LogP contribution in [0.3, 0.4) is 0 Å². The summed E-state index contributed by atoms with van der Waals surface area (Å²) in [5, 5.41) is 13.7. The van der Waals surface area contributed by atoms with E-state index in [2.05, 4.69) is 10.6 Å². The van der Waals surface area contributed by atoms with Gasteiger partial charge < -0.3 is 15.4 Å². The van der Waals surface area contributed by atoms with E-state index in [0.29, 0.717) is 22.0 Å². The Morgan fingerprint density at radius 2 is 1.92 bits per heavy atom. The van der Waals surface area contributed by atoms with Gasteiger partial charge in [0.25, 0.3) is 0 Å². The number of nitrogens with one attached hydrogen (secondary N) is 3. The van der Waals surface area contributed by atoms with Crippen molar-refractivity contribution in [2.24, 2.45) is 0 Å². The monoisotopic (exact) mass is 343 g/mol. The molecule has 2 aromatic rings. The molecule has 0 saturated carbocycles. The number of hydrogen-bond donors (Lipinski definition) is 3. The zero-order chi connectivity index (χ0) is 17.1. The van der Waals surface area contributed by atoms with Gasteiger partial charge in [0.05, 0.1) is 5.92 Å². The van der Waals surface area contributed by atoms with E-state index in [0.717, 1.165) is 0 Å². The number of carbonyl (C=O) groups is 2. The van der Waals surface area contributed by atoms with Crippen LogP contribution in [0.1, 0.15) is 11.5 Å². The average molecular weight is 344 g/mol. The molecule has 1 fully saturated rings. The van der Waals surface area contributed by atoms with Crippen LogP contribution in [-0.2, 0) is 9.53 Å². The third-order valence-corrected chi connectivity index (χ3v) is 3.85. The first-order chi connectivity index (χ1) is 11.5. The number of halogens is 1. The van der Waals surface area contributed by atoms with Gasteiger partial charge in [-0.3, -0.25) is 5.41 Å². The Kier molecular flexibility index (Phi) is 4.48. The van der Waals surface area contributed by atoms with E-state index in [-0.39, 0.29) is 12.3 Å². The summed E-state index contributed by atoms with van der Waals surface area (Å²) in [4.78, 5) is 23.6. The number of benzene rings is 2. The molecule has 3 rings (SSSR count). The maximum Gasteiger partial charge on any atom is 0.352 e. The number of esters is 1.